The third kappa shape index (κ3) is 3.62. The van der Waals surface area contributed by atoms with Crippen LogP contribution < -0.4 is 4.31 Å². The molecule has 0 fully saturated rings. The average Bonchev–Trinajstić information content (AvgIpc) is 3.29. The van der Waals surface area contributed by atoms with Crippen LogP contribution in [0.5, 0.6) is 0 Å². The Bertz CT molecular complexity index is 1260. The predicted molar refractivity (Wildman–Crippen MR) is 111 cm³/mol. The highest BCUT2D eigenvalue weighted by Crippen LogP contribution is 2.36. The SMILES string of the molecule is CC(C)(C)OC(=O)n1ncc2ccc(N(c3c(Cl)nc4sccn34)S(=O)[O-])cc21. The fourth-order valence-electron chi connectivity index (χ4n) is 2.79. The van der Waals surface area contributed by atoms with Crippen LogP contribution in [0.25, 0.3) is 15.9 Å². The minimum absolute atomic E-state index is 0.0433. The number of aromatic nitrogens is 4. The van der Waals surface area contributed by atoms with Crippen molar-refractivity contribution in [2.24, 2.45) is 0 Å². The molecule has 0 aliphatic rings. The van der Waals surface area contributed by atoms with Gasteiger partial charge in [-0.3, -0.25) is 12.9 Å². The van der Waals surface area contributed by atoms with Crippen molar-refractivity contribution in [3.63, 3.8) is 0 Å². The van der Waals surface area contributed by atoms with E-state index in [0.717, 1.165) is 8.99 Å². The molecule has 1 unspecified atom stereocenters. The second kappa shape index (κ2) is 7.10. The summed E-state index contributed by atoms with van der Waals surface area (Å²) in [5.41, 5.74) is -0.0361. The molecule has 0 radical (unpaired) electrons. The lowest BCUT2D eigenvalue weighted by Crippen LogP contribution is -2.27. The maximum absolute atomic E-state index is 12.5. The molecule has 0 amide bonds. The van der Waals surface area contributed by atoms with Crippen molar-refractivity contribution in [1.29, 1.82) is 0 Å². The molecule has 29 heavy (non-hydrogen) atoms. The highest BCUT2D eigenvalue weighted by Gasteiger charge is 2.24. The molecule has 9 nitrogen and oxygen atoms in total. The van der Waals surface area contributed by atoms with Gasteiger partial charge in [0.1, 0.15) is 5.60 Å². The number of anilines is 2. The molecule has 0 aliphatic heterocycles. The first-order valence-electron chi connectivity index (χ1n) is 8.37. The summed E-state index contributed by atoms with van der Waals surface area (Å²) in [5.74, 6) is 0.180. The summed E-state index contributed by atoms with van der Waals surface area (Å²) >= 11 is 4.84. The maximum Gasteiger partial charge on any atom is 0.435 e. The average molecular weight is 453 g/mol. The minimum Gasteiger partial charge on any atom is -0.755 e. The number of hydrogen-bond acceptors (Lipinski definition) is 7. The van der Waals surface area contributed by atoms with Gasteiger partial charge in [-0.1, -0.05) is 11.6 Å². The first-order valence-corrected chi connectivity index (χ1v) is 10.7. The number of rotatable bonds is 3. The zero-order valence-corrected chi connectivity index (χ0v) is 17.9. The quantitative estimate of drug-likeness (QED) is 0.433. The summed E-state index contributed by atoms with van der Waals surface area (Å²) in [6.45, 7) is 5.24. The summed E-state index contributed by atoms with van der Waals surface area (Å²) in [6.07, 6.45) is 2.52. The Labute approximate surface area is 176 Å². The van der Waals surface area contributed by atoms with Gasteiger partial charge in [0.25, 0.3) is 0 Å². The largest absolute Gasteiger partial charge is 0.755 e. The van der Waals surface area contributed by atoms with Crippen LogP contribution in [0.4, 0.5) is 16.3 Å². The van der Waals surface area contributed by atoms with Crippen LogP contribution in [-0.2, 0) is 16.0 Å². The molecule has 12 heteroatoms. The third-order valence-corrected chi connectivity index (χ3v) is 5.58. The van der Waals surface area contributed by atoms with E-state index in [1.54, 1.807) is 48.9 Å². The summed E-state index contributed by atoms with van der Waals surface area (Å²) in [4.78, 5) is 17.2. The maximum atomic E-state index is 12.5. The number of benzene rings is 1. The second-order valence-electron chi connectivity index (χ2n) is 7.07. The molecule has 1 aromatic carbocycles. The lowest BCUT2D eigenvalue weighted by Gasteiger charge is -2.25. The van der Waals surface area contributed by atoms with Crippen LogP contribution in [0.2, 0.25) is 5.15 Å². The van der Waals surface area contributed by atoms with Gasteiger partial charge in [0.05, 0.1) is 28.7 Å². The number of hydrogen-bond donors (Lipinski definition) is 0. The Morgan fingerprint density at radius 1 is 1.38 bits per heavy atom. The van der Waals surface area contributed by atoms with E-state index < -0.39 is 23.0 Å². The van der Waals surface area contributed by atoms with Crippen molar-refractivity contribution >= 4 is 67.7 Å². The molecule has 4 rings (SSSR count). The first kappa shape index (κ1) is 19.8. The van der Waals surface area contributed by atoms with Gasteiger partial charge in [-0.05, 0) is 39.0 Å². The number of halogens is 1. The number of imidazole rings is 1. The van der Waals surface area contributed by atoms with Gasteiger partial charge in [-0.2, -0.15) is 9.78 Å². The number of ether oxygens (including phenoxy) is 1. The van der Waals surface area contributed by atoms with Crippen LogP contribution in [0.1, 0.15) is 20.8 Å². The highest BCUT2D eigenvalue weighted by atomic mass is 35.5. The van der Waals surface area contributed by atoms with E-state index in [1.807, 2.05) is 0 Å². The Kier molecular flexibility index (Phi) is 4.85. The van der Waals surface area contributed by atoms with Crippen LogP contribution >= 0.6 is 22.9 Å². The monoisotopic (exact) mass is 452 g/mol. The number of thiazole rings is 1. The van der Waals surface area contributed by atoms with Crippen LogP contribution in [0.3, 0.4) is 0 Å². The van der Waals surface area contributed by atoms with Gasteiger partial charge in [0.15, 0.2) is 15.9 Å². The molecule has 0 bridgehead atoms. The van der Waals surface area contributed by atoms with E-state index in [-0.39, 0.29) is 16.7 Å². The molecule has 1 atom stereocenters. The van der Waals surface area contributed by atoms with Crippen LogP contribution in [0.15, 0.2) is 36.0 Å². The van der Waals surface area contributed by atoms with E-state index in [9.17, 15) is 13.6 Å². The Morgan fingerprint density at radius 2 is 2.14 bits per heavy atom. The zero-order chi connectivity index (χ0) is 20.9. The molecule has 152 valence electrons. The number of carbonyl (C=O) groups is 1. The Morgan fingerprint density at radius 3 is 2.83 bits per heavy atom. The van der Waals surface area contributed by atoms with Crippen molar-refractivity contribution < 1.29 is 18.3 Å². The molecule has 3 aromatic heterocycles. The molecular weight excluding hydrogens is 438 g/mol. The fourth-order valence-corrected chi connectivity index (χ4v) is 4.46. The number of fused-ring (bicyclic) bond motifs is 2. The molecule has 0 saturated heterocycles. The fraction of sp³-hybridized carbons (Fsp3) is 0.235. The third-order valence-electron chi connectivity index (χ3n) is 3.89. The van der Waals surface area contributed by atoms with Crippen molar-refractivity contribution in [1.82, 2.24) is 19.2 Å². The zero-order valence-electron chi connectivity index (χ0n) is 15.5. The summed E-state index contributed by atoms with van der Waals surface area (Å²) < 4.78 is 33.3. The van der Waals surface area contributed by atoms with Gasteiger partial charge >= 0.3 is 6.09 Å². The van der Waals surface area contributed by atoms with E-state index in [1.165, 1.54) is 23.6 Å². The van der Waals surface area contributed by atoms with E-state index in [4.69, 9.17) is 16.3 Å². The Balaban J connectivity index is 1.85. The van der Waals surface area contributed by atoms with E-state index in [0.29, 0.717) is 15.9 Å². The smallest absolute Gasteiger partial charge is 0.435 e. The molecule has 0 saturated carbocycles. The normalized spacial score (nSPS) is 13.1. The molecule has 0 N–H and O–H groups in total. The topological polar surface area (TPSA) is 105 Å². The van der Waals surface area contributed by atoms with Gasteiger partial charge in [0.2, 0.25) is 0 Å². The van der Waals surface area contributed by atoms with Gasteiger partial charge in [0, 0.05) is 17.0 Å². The van der Waals surface area contributed by atoms with Gasteiger partial charge in [-0.15, -0.1) is 11.3 Å². The molecule has 0 aliphatic carbocycles. The molecule has 4 aromatic rings. The Hall–Kier alpha value is -2.47. The van der Waals surface area contributed by atoms with Gasteiger partial charge < -0.3 is 9.29 Å². The van der Waals surface area contributed by atoms with E-state index >= 15 is 0 Å². The van der Waals surface area contributed by atoms with Crippen molar-refractivity contribution in [2.75, 3.05) is 4.31 Å². The van der Waals surface area contributed by atoms with Crippen molar-refractivity contribution in [2.45, 2.75) is 26.4 Å². The van der Waals surface area contributed by atoms with Gasteiger partial charge in [-0.25, -0.2) is 9.78 Å². The van der Waals surface area contributed by atoms with Crippen molar-refractivity contribution in [3.05, 3.63) is 41.1 Å². The van der Waals surface area contributed by atoms with Crippen LogP contribution in [-0.4, -0.2) is 39.6 Å². The summed E-state index contributed by atoms with van der Waals surface area (Å²) in [7, 11) is 0. The predicted octanol–water partition coefficient (Wildman–Crippen LogP) is 4.11. The van der Waals surface area contributed by atoms with E-state index in [2.05, 4.69) is 10.1 Å². The molecule has 3 heterocycles. The second-order valence-corrected chi connectivity index (χ2v) is 9.10. The lowest BCUT2D eigenvalue weighted by molar-refractivity contribution is 0.0523. The standard InChI is InChI=1S/C17H16ClN5O4S2/c1-17(2,3)27-16(24)22-12-8-11(5-4-10(12)9-19-22)23(29(25)26)14-13(18)20-15-21(14)6-7-28-15/h4-9H,1-3H3,(H,25,26)/p-1. The summed E-state index contributed by atoms with van der Waals surface area (Å²) in [5, 5.41) is 6.54. The summed E-state index contributed by atoms with van der Waals surface area (Å²) in [6, 6.07) is 4.80. The van der Waals surface area contributed by atoms with Crippen LogP contribution in [0, 0.1) is 0 Å². The first-order chi connectivity index (χ1) is 13.7. The minimum atomic E-state index is -2.70. The number of carbonyl (C=O) groups excluding carboxylic acids is 1. The highest BCUT2D eigenvalue weighted by molar-refractivity contribution is 7.81. The molecule has 0 spiro atoms. The van der Waals surface area contributed by atoms with Crippen molar-refractivity contribution in [3.8, 4) is 0 Å². The molecular formula is C17H15ClN5O4S2-. The number of nitrogens with zero attached hydrogens (tertiary/aromatic N) is 5. The lowest BCUT2D eigenvalue weighted by atomic mass is 10.2.